The first-order chi connectivity index (χ1) is 10.7. The van der Waals surface area contributed by atoms with E-state index in [2.05, 4.69) is 15.1 Å². The maximum atomic E-state index is 12.7. The fraction of sp³-hybridized carbons (Fsp3) is 0.562. The Morgan fingerprint density at radius 2 is 2.27 bits per heavy atom. The highest BCUT2D eigenvalue weighted by Crippen LogP contribution is 2.30. The summed E-state index contributed by atoms with van der Waals surface area (Å²) < 4.78 is 5.33. The van der Waals surface area contributed by atoms with Crippen LogP contribution < -0.4 is 0 Å². The van der Waals surface area contributed by atoms with E-state index >= 15 is 0 Å². The second-order valence-corrected chi connectivity index (χ2v) is 6.09. The highest BCUT2D eigenvalue weighted by atomic mass is 16.5. The summed E-state index contributed by atoms with van der Waals surface area (Å²) in [5.74, 6) is 1.46. The zero-order valence-corrected chi connectivity index (χ0v) is 13.1. The van der Waals surface area contributed by atoms with Gasteiger partial charge in [0.25, 0.3) is 5.91 Å². The van der Waals surface area contributed by atoms with Crippen molar-refractivity contribution in [1.82, 2.24) is 20.0 Å². The van der Waals surface area contributed by atoms with Crippen molar-refractivity contribution >= 4 is 5.91 Å². The van der Waals surface area contributed by atoms with E-state index in [9.17, 15) is 4.79 Å². The molecule has 1 saturated heterocycles. The van der Waals surface area contributed by atoms with E-state index in [0.29, 0.717) is 17.4 Å². The van der Waals surface area contributed by atoms with Crippen LogP contribution in [0.1, 0.15) is 73.7 Å². The molecule has 0 bridgehead atoms. The number of nitrogens with zero attached hydrogens (tertiary/aromatic N) is 3. The molecule has 0 unspecified atom stereocenters. The van der Waals surface area contributed by atoms with Crippen molar-refractivity contribution in [2.75, 3.05) is 6.54 Å². The standard InChI is InChI=1S/C16H22N4O2/c1-11(2)15-18-14(19-22-15)13-8-4-3-5-10-20(13)16(21)12-7-6-9-17-12/h6-7,9,11,13,17H,3-5,8,10H2,1-2H3/t13-/m0/s1. The molecule has 3 rings (SSSR count). The number of H-pyrrole nitrogens is 1. The Kier molecular flexibility index (Phi) is 4.27. The van der Waals surface area contributed by atoms with Crippen LogP contribution in [-0.4, -0.2) is 32.5 Å². The Morgan fingerprint density at radius 1 is 1.41 bits per heavy atom. The first-order valence-electron chi connectivity index (χ1n) is 7.94. The van der Waals surface area contributed by atoms with E-state index in [1.165, 1.54) is 0 Å². The van der Waals surface area contributed by atoms with Crippen LogP contribution in [0.5, 0.6) is 0 Å². The van der Waals surface area contributed by atoms with Crippen molar-refractivity contribution in [3.8, 4) is 0 Å². The van der Waals surface area contributed by atoms with Crippen LogP contribution in [0.4, 0.5) is 0 Å². The van der Waals surface area contributed by atoms with Gasteiger partial charge in [-0.15, -0.1) is 0 Å². The Balaban J connectivity index is 1.88. The lowest BCUT2D eigenvalue weighted by Gasteiger charge is -2.27. The number of carbonyl (C=O) groups is 1. The van der Waals surface area contributed by atoms with Crippen LogP contribution in [0.3, 0.4) is 0 Å². The number of carbonyl (C=O) groups excluding carboxylic acids is 1. The summed E-state index contributed by atoms with van der Waals surface area (Å²) in [6.45, 7) is 4.77. The second-order valence-electron chi connectivity index (χ2n) is 6.09. The summed E-state index contributed by atoms with van der Waals surface area (Å²) in [4.78, 5) is 22.1. The third-order valence-corrected chi connectivity index (χ3v) is 4.09. The Hall–Kier alpha value is -2.11. The molecule has 6 nitrogen and oxygen atoms in total. The molecular weight excluding hydrogens is 280 g/mol. The smallest absolute Gasteiger partial charge is 0.270 e. The van der Waals surface area contributed by atoms with Crippen molar-refractivity contribution in [3.63, 3.8) is 0 Å². The minimum Gasteiger partial charge on any atom is -0.357 e. The number of hydrogen-bond donors (Lipinski definition) is 1. The van der Waals surface area contributed by atoms with Crippen molar-refractivity contribution in [1.29, 1.82) is 0 Å². The van der Waals surface area contributed by atoms with Crippen LogP contribution in [0.2, 0.25) is 0 Å². The maximum absolute atomic E-state index is 12.7. The Bertz CT molecular complexity index is 618. The van der Waals surface area contributed by atoms with Crippen molar-refractivity contribution in [2.45, 2.75) is 51.5 Å². The molecule has 118 valence electrons. The van der Waals surface area contributed by atoms with E-state index in [1.54, 1.807) is 12.3 Å². The first kappa shape index (κ1) is 14.8. The summed E-state index contributed by atoms with van der Waals surface area (Å²) in [6.07, 6.45) is 5.86. The zero-order valence-electron chi connectivity index (χ0n) is 13.1. The number of amides is 1. The summed E-state index contributed by atoms with van der Waals surface area (Å²) in [5, 5.41) is 4.13. The predicted octanol–water partition coefficient (Wildman–Crippen LogP) is 3.28. The monoisotopic (exact) mass is 302 g/mol. The van der Waals surface area contributed by atoms with Crippen LogP contribution in [0, 0.1) is 0 Å². The fourth-order valence-corrected chi connectivity index (χ4v) is 2.86. The molecule has 1 fully saturated rings. The molecule has 2 aromatic heterocycles. The van der Waals surface area contributed by atoms with E-state index in [-0.39, 0.29) is 17.9 Å². The lowest BCUT2D eigenvalue weighted by Crippen LogP contribution is -2.35. The molecule has 3 heterocycles. The van der Waals surface area contributed by atoms with E-state index in [0.717, 1.165) is 32.2 Å². The van der Waals surface area contributed by atoms with Gasteiger partial charge in [-0.25, -0.2) is 0 Å². The van der Waals surface area contributed by atoms with Gasteiger partial charge in [0.2, 0.25) is 5.89 Å². The normalized spacial score (nSPS) is 19.4. The molecule has 1 amide bonds. The summed E-state index contributed by atoms with van der Waals surface area (Å²) in [7, 11) is 0. The molecule has 0 saturated carbocycles. The third kappa shape index (κ3) is 2.91. The quantitative estimate of drug-likeness (QED) is 0.944. The van der Waals surface area contributed by atoms with Crippen LogP contribution in [-0.2, 0) is 0 Å². The Morgan fingerprint density at radius 3 is 2.95 bits per heavy atom. The van der Waals surface area contributed by atoms with Gasteiger partial charge >= 0.3 is 0 Å². The average molecular weight is 302 g/mol. The Labute approximate surface area is 129 Å². The molecule has 1 N–H and O–H groups in total. The molecule has 22 heavy (non-hydrogen) atoms. The van der Waals surface area contributed by atoms with Crippen molar-refractivity contribution in [2.24, 2.45) is 0 Å². The number of nitrogens with one attached hydrogen (secondary N) is 1. The molecule has 1 aliphatic heterocycles. The molecule has 1 atom stereocenters. The minimum atomic E-state index is -0.102. The van der Waals surface area contributed by atoms with Gasteiger partial charge < -0.3 is 14.4 Å². The number of aromatic amines is 1. The van der Waals surface area contributed by atoms with Gasteiger partial charge in [0.1, 0.15) is 5.69 Å². The van der Waals surface area contributed by atoms with Crippen molar-refractivity contribution in [3.05, 3.63) is 35.7 Å². The number of likely N-dealkylation sites (tertiary alicyclic amines) is 1. The van der Waals surface area contributed by atoms with E-state index in [4.69, 9.17) is 4.52 Å². The average Bonchev–Trinajstić information content (AvgIpc) is 3.14. The molecule has 6 heteroatoms. The molecular formula is C16H22N4O2. The largest absolute Gasteiger partial charge is 0.357 e. The van der Waals surface area contributed by atoms with Crippen molar-refractivity contribution < 1.29 is 9.32 Å². The summed E-state index contributed by atoms with van der Waals surface area (Å²) in [5.41, 5.74) is 0.611. The lowest BCUT2D eigenvalue weighted by atomic mass is 10.1. The topological polar surface area (TPSA) is 75.0 Å². The fourth-order valence-electron chi connectivity index (χ4n) is 2.86. The van der Waals surface area contributed by atoms with Gasteiger partial charge in [-0.05, 0) is 25.0 Å². The molecule has 1 aliphatic rings. The molecule has 2 aromatic rings. The van der Waals surface area contributed by atoms with Gasteiger partial charge in [0.15, 0.2) is 5.82 Å². The maximum Gasteiger partial charge on any atom is 0.270 e. The van der Waals surface area contributed by atoms with E-state index < -0.39 is 0 Å². The predicted molar refractivity (Wildman–Crippen MR) is 81.4 cm³/mol. The highest BCUT2D eigenvalue weighted by Gasteiger charge is 2.31. The molecule has 0 spiro atoms. The number of rotatable bonds is 3. The van der Waals surface area contributed by atoms with Crippen LogP contribution >= 0.6 is 0 Å². The van der Waals surface area contributed by atoms with Gasteiger partial charge in [-0.2, -0.15) is 4.98 Å². The van der Waals surface area contributed by atoms with Gasteiger partial charge in [0.05, 0.1) is 6.04 Å². The van der Waals surface area contributed by atoms with E-state index in [1.807, 2.05) is 24.8 Å². The molecule has 0 aliphatic carbocycles. The number of hydrogen-bond acceptors (Lipinski definition) is 4. The third-order valence-electron chi connectivity index (χ3n) is 4.09. The second kappa shape index (κ2) is 6.34. The lowest BCUT2D eigenvalue weighted by molar-refractivity contribution is 0.0665. The van der Waals surface area contributed by atoms with Crippen LogP contribution in [0.25, 0.3) is 0 Å². The van der Waals surface area contributed by atoms with Crippen LogP contribution in [0.15, 0.2) is 22.9 Å². The highest BCUT2D eigenvalue weighted by molar-refractivity contribution is 5.92. The summed E-state index contributed by atoms with van der Waals surface area (Å²) >= 11 is 0. The molecule has 0 aromatic carbocycles. The van der Waals surface area contributed by atoms with Gasteiger partial charge in [0, 0.05) is 18.7 Å². The van der Waals surface area contributed by atoms with Gasteiger partial charge in [-0.3, -0.25) is 4.79 Å². The zero-order chi connectivity index (χ0) is 15.5. The minimum absolute atomic E-state index is 0.00722. The first-order valence-corrected chi connectivity index (χ1v) is 7.94. The molecule has 0 radical (unpaired) electrons. The summed E-state index contributed by atoms with van der Waals surface area (Å²) in [6, 6.07) is 3.54. The SMILES string of the molecule is CC(C)c1nc([C@@H]2CCCCCN2C(=O)c2ccc[nH]2)no1. The van der Waals surface area contributed by atoms with Gasteiger partial charge in [-0.1, -0.05) is 31.8 Å². The number of aromatic nitrogens is 3.